The Balaban J connectivity index is 1.75. The van der Waals surface area contributed by atoms with Crippen LogP contribution >= 0.6 is 6.49 Å². The zero-order valence-corrected chi connectivity index (χ0v) is 10.9. The van der Waals surface area contributed by atoms with Gasteiger partial charge in [-0.05, 0) is 24.6 Å². The van der Waals surface area contributed by atoms with E-state index in [0.29, 0.717) is 0 Å². The molecule has 0 amide bonds. The minimum Gasteiger partial charge on any atom is -0.264 e. The highest BCUT2D eigenvalue weighted by molar-refractivity contribution is 8.11. The summed E-state index contributed by atoms with van der Waals surface area (Å²) in [5, 5.41) is 3.62. The first-order valence-electron chi connectivity index (χ1n) is 6.18. The van der Waals surface area contributed by atoms with Crippen LogP contribution in [0.25, 0.3) is 0 Å². The van der Waals surface area contributed by atoms with Gasteiger partial charge in [0, 0.05) is 32.2 Å². The van der Waals surface area contributed by atoms with Crippen molar-refractivity contribution in [2.75, 3.05) is 26.2 Å². The van der Waals surface area contributed by atoms with Gasteiger partial charge in [-0.25, -0.2) is 9.34 Å². The quantitative estimate of drug-likeness (QED) is 0.590. The van der Waals surface area contributed by atoms with Gasteiger partial charge in [0.15, 0.2) is 0 Å². The Morgan fingerprint density at radius 3 is 2.47 bits per heavy atom. The maximum atomic E-state index is 5.91. The monoisotopic (exact) mass is 245 g/mol. The Hall–Kier alpha value is 0.530. The highest BCUT2D eigenvalue weighted by Crippen LogP contribution is 2.58. The van der Waals surface area contributed by atoms with Gasteiger partial charge in [-0.1, -0.05) is 19.3 Å². The molecule has 0 aromatic rings. The second-order valence-corrected chi connectivity index (χ2v) is 8.87. The standard InChI is InChI=1S/C10H20N3PS/c15-14(12-8-9-12)11-6-7-13(14)10-4-2-1-3-5-10/h10H,1-9H2,(H,11,15). The third-order valence-corrected chi connectivity index (χ3v) is 8.54. The molecule has 3 nitrogen and oxygen atoms in total. The van der Waals surface area contributed by atoms with Crippen molar-refractivity contribution < 1.29 is 0 Å². The first kappa shape index (κ1) is 10.7. The number of nitrogens with zero attached hydrogens (tertiary/aromatic N) is 2. The van der Waals surface area contributed by atoms with Gasteiger partial charge in [0.25, 0.3) is 0 Å². The molecule has 86 valence electrons. The van der Waals surface area contributed by atoms with E-state index in [9.17, 15) is 0 Å². The molecular formula is C10H20N3PS. The van der Waals surface area contributed by atoms with Crippen molar-refractivity contribution in [2.45, 2.75) is 38.1 Å². The van der Waals surface area contributed by atoms with Crippen LogP contribution in [0.5, 0.6) is 0 Å². The number of hydrogen-bond acceptors (Lipinski definition) is 1. The van der Waals surface area contributed by atoms with Gasteiger partial charge in [0.2, 0.25) is 0 Å². The SMILES string of the molecule is S=P1(N2CC2)NCCN1C1CCCCC1. The second-order valence-electron chi connectivity index (χ2n) is 4.86. The van der Waals surface area contributed by atoms with E-state index >= 15 is 0 Å². The molecule has 5 heteroatoms. The van der Waals surface area contributed by atoms with E-state index in [1.807, 2.05) is 0 Å². The molecule has 0 aromatic heterocycles. The largest absolute Gasteiger partial charge is 0.264 e. The van der Waals surface area contributed by atoms with Crippen molar-refractivity contribution in [1.82, 2.24) is 14.4 Å². The summed E-state index contributed by atoms with van der Waals surface area (Å²) in [6.45, 7) is 3.31. The van der Waals surface area contributed by atoms with Gasteiger partial charge in [0.05, 0.1) is 0 Å². The highest BCUT2D eigenvalue weighted by atomic mass is 32.4. The molecule has 0 aromatic carbocycles. The van der Waals surface area contributed by atoms with Gasteiger partial charge in [-0.15, -0.1) is 0 Å². The van der Waals surface area contributed by atoms with Crippen LogP contribution in [-0.2, 0) is 11.8 Å². The van der Waals surface area contributed by atoms with Crippen LogP contribution in [0.3, 0.4) is 0 Å². The van der Waals surface area contributed by atoms with Crippen LogP contribution < -0.4 is 5.09 Å². The molecular weight excluding hydrogens is 225 g/mol. The predicted molar refractivity (Wildman–Crippen MR) is 67.4 cm³/mol. The maximum Gasteiger partial charge on any atom is 0.143 e. The van der Waals surface area contributed by atoms with Gasteiger partial charge < -0.3 is 0 Å². The van der Waals surface area contributed by atoms with Crippen LogP contribution in [0.1, 0.15) is 32.1 Å². The Morgan fingerprint density at radius 1 is 1.07 bits per heavy atom. The van der Waals surface area contributed by atoms with Gasteiger partial charge >= 0.3 is 0 Å². The molecule has 3 fully saturated rings. The second kappa shape index (κ2) is 4.08. The van der Waals surface area contributed by atoms with Crippen LogP contribution in [0, 0.1) is 0 Å². The Bertz CT molecular complexity index is 286. The summed E-state index contributed by atoms with van der Waals surface area (Å²) < 4.78 is 5.15. The van der Waals surface area contributed by atoms with Crippen LogP contribution in [-0.4, -0.2) is 41.6 Å². The lowest BCUT2D eigenvalue weighted by atomic mass is 9.95. The molecule has 0 bridgehead atoms. The van der Waals surface area contributed by atoms with Crippen molar-refractivity contribution in [3.8, 4) is 0 Å². The van der Waals surface area contributed by atoms with E-state index in [4.69, 9.17) is 11.8 Å². The first-order valence-corrected chi connectivity index (χ1v) is 8.89. The summed E-state index contributed by atoms with van der Waals surface area (Å²) in [6, 6.07) is 0.792. The first-order chi connectivity index (χ1) is 7.31. The van der Waals surface area contributed by atoms with E-state index in [1.54, 1.807) is 0 Å². The summed E-state index contributed by atoms with van der Waals surface area (Å²) in [5.74, 6) is 0. The summed E-state index contributed by atoms with van der Waals surface area (Å²) in [5.41, 5.74) is 0. The normalized spacial score (nSPS) is 39.7. The maximum absolute atomic E-state index is 5.91. The van der Waals surface area contributed by atoms with Gasteiger partial charge in [0.1, 0.15) is 6.49 Å². The van der Waals surface area contributed by atoms with Crippen molar-refractivity contribution in [2.24, 2.45) is 0 Å². The number of nitrogens with one attached hydrogen (secondary N) is 1. The van der Waals surface area contributed by atoms with Crippen molar-refractivity contribution >= 4 is 18.3 Å². The smallest absolute Gasteiger partial charge is 0.143 e. The minimum atomic E-state index is -1.46. The topological polar surface area (TPSA) is 18.3 Å². The number of rotatable bonds is 2. The summed E-state index contributed by atoms with van der Waals surface area (Å²) in [7, 11) is 0. The lowest BCUT2D eigenvalue weighted by Gasteiger charge is -2.37. The summed E-state index contributed by atoms with van der Waals surface area (Å²) in [6.07, 6.45) is 7.03. The molecule has 2 saturated heterocycles. The molecule has 0 spiro atoms. The Kier molecular flexibility index (Phi) is 2.90. The Morgan fingerprint density at radius 2 is 1.80 bits per heavy atom. The zero-order chi connectivity index (χ0) is 10.3. The van der Waals surface area contributed by atoms with E-state index < -0.39 is 6.49 Å². The fourth-order valence-corrected chi connectivity index (χ4v) is 7.08. The number of hydrogen-bond donors (Lipinski definition) is 1. The third kappa shape index (κ3) is 1.91. The van der Waals surface area contributed by atoms with Crippen LogP contribution in [0.15, 0.2) is 0 Å². The molecule has 2 aliphatic heterocycles. The zero-order valence-electron chi connectivity index (χ0n) is 9.19. The van der Waals surface area contributed by atoms with E-state index in [0.717, 1.165) is 12.6 Å². The van der Waals surface area contributed by atoms with Crippen molar-refractivity contribution in [3.05, 3.63) is 0 Å². The fourth-order valence-electron chi connectivity index (χ4n) is 2.90. The molecule has 1 atom stereocenters. The molecule has 1 unspecified atom stereocenters. The average Bonchev–Trinajstić information content (AvgIpc) is 3.05. The van der Waals surface area contributed by atoms with Crippen LogP contribution in [0.4, 0.5) is 0 Å². The molecule has 3 rings (SSSR count). The molecule has 3 aliphatic rings. The lowest BCUT2D eigenvalue weighted by Crippen LogP contribution is -2.34. The highest BCUT2D eigenvalue weighted by Gasteiger charge is 2.44. The lowest BCUT2D eigenvalue weighted by molar-refractivity contribution is 0.274. The third-order valence-electron chi connectivity index (χ3n) is 3.81. The van der Waals surface area contributed by atoms with E-state index in [2.05, 4.69) is 14.4 Å². The Labute approximate surface area is 97.4 Å². The summed E-state index contributed by atoms with van der Waals surface area (Å²) >= 11 is 5.91. The molecule has 15 heavy (non-hydrogen) atoms. The minimum absolute atomic E-state index is 0.792. The molecule has 2 heterocycles. The molecule has 1 N–H and O–H groups in total. The van der Waals surface area contributed by atoms with E-state index in [1.165, 1.54) is 51.7 Å². The van der Waals surface area contributed by atoms with Crippen LogP contribution in [0.2, 0.25) is 0 Å². The molecule has 1 saturated carbocycles. The van der Waals surface area contributed by atoms with Crippen molar-refractivity contribution in [1.29, 1.82) is 0 Å². The average molecular weight is 245 g/mol. The molecule has 1 aliphatic carbocycles. The van der Waals surface area contributed by atoms with Gasteiger partial charge in [-0.2, -0.15) is 0 Å². The van der Waals surface area contributed by atoms with Gasteiger partial charge in [-0.3, -0.25) is 5.09 Å². The fraction of sp³-hybridized carbons (Fsp3) is 1.00. The predicted octanol–water partition coefficient (Wildman–Crippen LogP) is 1.76. The molecule has 0 radical (unpaired) electrons. The van der Waals surface area contributed by atoms with E-state index in [-0.39, 0.29) is 0 Å². The summed E-state index contributed by atoms with van der Waals surface area (Å²) in [4.78, 5) is 0. The van der Waals surface area contributed by atoms with Crippen molar-refractivity contribution in [3.63, 3.8) is 0 Å².